The number of aryl methyl sites for hydroxylation is 1. The van der Waals surface area contributed by atoms with Gasteiger partial charge < -0.3 is 5.32 Å². The highest BCUT2D eigenvalue weighted by atomic mass is 16.6. The molecular weight excluding hydrogens is 168 g/mol. The Hall–Kier alpha value is -1.58. The lowest BCUT2D eigenvalue weighted by atomic mass is 10.1. The van der Waals surface area contributed by atoms with Crippen LogP contribution >= 0.6 is 0 Å². The van der Waals surface area contributed by atoms with Gasteiger partial charge in [0.1, 0.15) is 5.69 Å². The SMILES string of the molecule is CCNc1cccc(C)c1[N+](=O)[O-]. The van der Waals surface area contributed by atoms with Crippen molar-refractivity contribution in [2.75, 3.05) is 11.9 Å². The van der Waals surface area contributed by atoms with E-state index in [2.05, 4.69) is 5.32 Å². The Balaban J connectivity index is 3.17. The molecule has 1 rings (SSSR count). The van der Waals surface area contributed by atoms with Crippen LogP contribution < -0.4 is 5.32 Å². The Morgan fingerprint density at radius 1 is 1.54 bits per heavy atom. The molecule has 1 N–H and O–H groups in total. The van der Waals surface area contributed by atoms with Gasteiger partial charge in [0.05, 0.1) is 4.92 Å². The molecule has 0 aliphatic rings. The van der Waals surface area contributed by atoms with Crippen LogP contribution in [0, 0.1) is 17.0 Å². The molecule has 0 amide bonds. The molecule has 0 aliphatic heterocycles. The smallest absolute Gasteiger partial charge is 0.295 e. The number of nitro benzene ring substituents is 1. The first-order valence-corrected chi connectivity index (χ1v) is 4.14. The number of anilines is 1. The van der Waals surface area contributed by atoms with E-state index in [1.165, 1.54) is 0 Å². The summed E-state index contributed by atoms with van der Waals surface area (Å²) >= 11 is 0. The van der Waals surface area contributed by atoms with Crippen LogP contribution in [0.3, 0.4) is 0 Å². The van der Waals surface area contributed by atoms with Crippen molar-refractivity contribution in [2.45, 2.75) is 13.8 Å². The van der Waals surface area contributed by atoms with E-state index < -0.39 is 0 Å². The molecule has 0 spiro atoms. The fourth-order valence-electron chi connectivity index (χ4n) is 1.23. The second-order valence-corrected chi connectivity index (χ2v) is 2.76. The third kappa shape index (κ3) is 1.96. The fourth-order valence-corrected chi connectivity index (χ4v) is 1.23. The maximum Gasteiger partial charge on any atom is 0.295 e. The molecule has 13 heavy (non-hydrogen) atoms. The van der Waals surface area contributed by atoms with E-state index in [0.717, 1.165) is 0 Å². The van der Waals surface area contributed by atoms with Crippen LogP contribution in [0.2, 0.25) is 0 Å². The predicted molar refractivity (Wildman–Crippen MR) is 52.0 cm³/mol. The van der Waals surface area contributed by atoms with Crippen molar-refractivity contribution in [1.29, 1.82) is 0 Å². The molecule has 0 aromatic heterocycles. The van der Waals surface area contributed by atoms with Gasteiger partial charge in [-0.2, -0.15) is 0 Å². The molecule has 0 atom stereocenters. The number of nitrogens with one attached hydrogen (secondary N) is 1. The second kappa shape index (κ2) is 3.89. The molecule has 0 bridgehead atoms. The molecular formula is C9H12N2O2. The second-order valence-electron chi connectivity index (χ2n) is 2.76. The number of hydrogen-bond donors (Lipinski definition) is 1. The minimum absolute atomic E-state index is 0.171. The van der Waals surface area contributed by atoms with Crippen LogP contribution in [0.15, 0.2) is 18.2 Å². The Bertz CT molecular complexity index is 323. The first-order chi connectivity index (χ1) is 6.16. The molecule has 0 heterocycles. The lowest BCUT2D eigenvalue weighted by Crippen LogP contribution is -2.02. The van der Waals surface area contributed by atoms with Gasteiger partial charge in [-0.3, -0.25) is 10.1 Å². The Morgan fingerprint density at radius 2 is 2.23 bits per heavy atom. The number of benzene rings is 1. The third-order valence-electron chi connectivity index (χ3n) is 1.79. The first kappa shape index (κ1) is 9.51. The minimum Gasteiger partial charge on any atom is -0.380 e. The van der Waals surface area contributed by atoms with Gasteiger partial charge in [0.2, 0.25) is 0 Å². The van der Waals surface area contributed by atoms with Crippen LogP contribution in [-0.2, 0) is 0 Å². The fraction of sp³-hybridized carbons (Fsp3) is 0.333. The third-order valence-corrected chi connectivity index (χ3v) is 1.79. The predicted octanol–water partition coefficient (Wildman–Crippen LogP) is 2.34. The van der Waals surface area contributed by atoms with Gasteiger partial charge in [0, 0.05) is 12.1 Å². The van der Waals surface area contributed by atoms with Crippen LogP contribution in [0.1, 0.15) is 12.5 Å². The van der Waals surface area contributed by atoms with Crippen molar-refractivity contribution in [3.05, 3.63) is 33.9 Å². The lowest BCUT2D eigenvalue weighted by Gasteiger charge is -2.05. The van der Waals surface area contributed by atoms with Crippen molar-refractivity contribution >= 4 is 11.4 Å². The van der Waals surface area contributed by atoms with Gasteiger partial charge >= 0.3 is 0 Å². The Morgan fingerprint density at radius 3 is 2.77 bits per heavy atom. The van der Waals surface area contributed by atoms with E-state index in [1.54, 1.807) is 25.1 Å². The summed E-state index contributed by atoms with van der Waals surface area (Å²) in [7, 11) is 0. The van der Waals surface area contributed by atoms with E-state index in [1.807, 2.05) is 6.92 Å². The summed E-state index contributed by atoms with van der Waals surface area (Å²) < 4.78 is 0. The molecule has 4 nitrogen and oxygen atoms in total. The summed E-state index contributed by atoms with van der Waals surface area (Å²) in [6, 6.07) is 5.26. The summed E-state index contributed by atoms with van der Waals surface area (Å²) in [6.07, 6.45) is 0. The maximum atomic E-state index is 10.7. The lowest BCUT2D eigenvalue weighted by molar-refractivity contribution is -0.384. The summed E-state index contributed by atoms with van der Waals surface area (Å²) in [4.78, 5) is 10.3. The molecule has 0 saturated heterocycles. The van der Waals surface area contributed by atoms with E-state index in [4.69, 9.17) is 0 Å². The highest BCUT2D eigenvalue weighted by molar-refractivity contribution is 5.64. The summed E-state index contributed by atoms with van der Waals surface area (Å²) in [6.45, 7) is 4.33. The highest BCUT2D eigenvalue weighted by Gasteiger charge is 2.15. The van der Waals surface area contributed by atoms with Gasteiger partial charge in [-0.25, -0.2) is 0 Å². The molecule has 0 unspecified atom stereocenters. The van der Waals surface area contributed by atoms with Gasteiger partial charge in [0.25, 0.3) is 5.69 Å². The van der Waals surface area contributed by atoms with Crippen molar-refractivity contribution < 1.29 is 4.92 Å². The number of para-hydroxylation sites is 1. The van der Waals surface area contributed by atoms with Crippen molar-refractivity contribution in [3.8, 4) is 0 Å². The molecule has 1 aromatic carbocycles. The summed E-state index contributed by atoms with van der Waals surface area (Å²) in [5.41, 5.74) is 1.44. The molecule has 1 aromatic rings. The van der Waals surface area contributed by atoms with Crippen LogP contribution in [-0.4, -0.2) is 11.5 Å². The average molecular weight is 180 g/mol. The van der Waals surface area contributed by atoms with Crippen LogP contribution in [0.5, 0.6) is 0 Å². The standard InChI is InChI=1S/C9H12N2O2/c1-3-10-8-6-4-5-7(2)9(8)11(12)13/h4-6,10H,3H2,1-2H3. The highest BCUT2D eigenvalue weighted by Crippen LogP contribution is 2.27. The van der Waals surface area contributed by atoms with E-state index in [-0.39, 0.29) is 10.6 Å². The molecule has 0 saturated carbocycles. The molecule has 0 fully saturated rings. The van der Waals surface area contributed by atoms with Crippen molar-refractivity contribution in [3.63, 3.8) is 0 Å². The van der Waals surface area contributed by atoms with E-state index in [0.29, 0.717) is 17.8 Å². The van der Waals surface area contributed by atoms with E-state index in [9.17, 15) is 10.1 Å². The van der Waals surface area contributed by atoms with Gasteiger partial charge in [-0.1, -0.05) is 12.1 Å². The summed E-state index contributed by atoms with van der Waals surface area (Å²) in [5.74, 6) is 0. The first-order valence-electron chi connectivity index (χ1n) is 4.14. The van der Waals surface area contributed by atoms with Gasteiger partial charge in [-0.05, 0) is 19.9 Å². The normalized spacial score (nSPS) is 9.69. The van der Waals surface area contributed by atoms with Gasteiger partial charge in [0.15, 0.2) is 0 Å². The van der Waals surface area contributed by atoms with E-state index >= 15 is 0 Å². The molecule has 70 valence electrons. The zero-order valence-corrected chi connectivity index (χ0v) is 7.70. The maximum absolute atomic E-state index is 10.7. The van der Waals surface area contributed by atoms with Gasteiger partial charge in [-0.15, -0.1) is 0 Å². The number of hydrogen-bond acceptors (Lipinski definition) is 3. The average Bonchev–Trinajstić information content (AvgIpc) is 2.04. The number of nitro groups is 1. The van der Waals surface area contributed by atoms with Crippen molar-refractivity contribution in [1.82, 2.24) is 0 Å². The molecule has 4 heteroatoms. The zero-order chi connectivity index (χ0) is 9.84. The molecule has 0 aliphatic carbocycles. The Labute approximate surface area is 76.7 Å². The zero-order valence-electron chi connectivity index (χ0n) is 7.70. The monoisotopic (exact) mass is 180 g/mol. The number of rotatable bonds is 3. The topological polar surface area (TPSA) is 55.2 Å². The molecule has 0 radical (unpaired) electrons. The van der Waals surface area contributed by atoms with Crippen LogP contribution in [0.25, 0.3) is 0 Å². The largest absolute Gasteiger partial charge is 0.380 e. The number of nitrogens with zero attached hydrogens (tertiary/aromatic N) is 1. The summed E-state index contributed by atoms with van der Waals surface area (Å²) in [5, 5.41) is 13.6. The minimum atomic E-state index is -0.354. The van der Waals surface area contributed by atoms with Crippen molar-refractivity contribution in [2.24, 2.45) is 0 Å². The van der Waals surface area contributed by atoms with Crippen LogP contribution in [0.4, 0.5) is 11.4 Å². The Kier molecular flexibility index (Phi) is 2.84. The quantitative estimate of drug-likeness (QED) is 0.573.